The van der Waals surface area contributed by atoms with Crippen LogP contribution in [-0.4, -0.2) is 177 Å². The third kappa shape index (κ3) is 23.6. The number of amidine groups is 1. The third-order valence-electron chi connectivity index (χ3n) is 16.3. The number of H-pyrrole nitrogens is 2. The number of carbonyl (C=O) groups excluding carboxylic acids is 4. The van der Waals surface area contributed by atoms with Gasteiger partial charge in [-0.3, -0.25) is 24.8 Å². The maximum absolute atomic E-state index is 12.8. The smallest absolute Gasteiger partial charge is 0.411 e. The van der Waals surface area contributed by atoms with Gasteiger partial charge in [0.1, 0.15) is 69.9 Å². The van der Waals surface area contributed by atoms with E-state index >= 15 is 0 Å². The largest absolute Gasteiger partial charge is 0.497 e. The van der Waals surface area contributed by atoms with E-state index in [0.29, 0.717) is 83.5 Å². The molecule has 2 fully saturated rings. The number of aromatic carboxylic acids is 1. The molecule has 3 aromatic heterocycles. The van der Waals surface area contributed by atoms with Gasteiger partial charge in [-0.05, 0) is 130 Å². The number of esters is 2. The summed E-state index contributed by atoms with van der Waals surface area (Å²) < 4.78 is 47.5. The number of fused-ring (bicyclic) bond motifs is 3. The molecule has 0 saturated carbocycles. The molecule has 2 amide bonds. The van der Waals surface area contributed by atoms with E-state index in [0.717, 1.165) is 22.3 Å². The minimum atomic E-state index is -0.972. The Hall–Kier alpha value is -12.8. The molecule has 0 radical (unpaired) electrons. The number of halogens is 1. The Bertz CT molecular complexity index is 5030. The number of aromatic nitrogens is 6. The zero-order valence-corrected chi connectivity index (χ0v) is 64.8. The summed E-state index contributed by atoms with van der Waals surface area (Å²) in [5, 5.41) is 26.9. The first-order valence-corrected chi connectivity index (χ1v) is 35.4. The molecule has 111 heavy (non-hydrogen) atoms. The highest BCUT2D eigenvalue weighted by molar-refractivity contribution is 9.10. The minimum absolute atomic E-state index is 0.0919. The number of nitrogens with one attached hydrogen (secondary N) is 3. The molecule has 8 aromatic carbocycles. The molecule has 11 aromatic rings. The summed E-state index contributed by atoms with van der Waals surface area (Å²) in [4.78, 5) is 110. The van der Waals surface area contributed by atoms with Crippen LogP contribution in [0, 0.1) is 5.41 Å². The third-order valence-corrected chi connectivity index (χ3v) is 17.0. The number of nitrogens with zero attached hydrogens (tertiary/aromatic N) is 6. The second-order valence-electron chi connectivity index (χ2n) is 26.6. The lowest BCUT2D eigenvalue weighted by molar-refractivity contribution is -0.146. The van der Waals surface area contributed by atoms with Crippen LogP contribution in [0.5, 0.6) is 28.9 Å². The van der Waals surface area contributed by atoms with Gasteiger partial charge in [0, 0.05) is 39.6 Å². The number of carboxylic acids is 1. The number of methoxy groups -OCH3 is 6. The van der Waals surface area contributed by atoms with Crippen molar-refractivity contribution in [3.8, 4) is 63.0 Å². The summed E-state index contributed by atoms with van der Waals surface area (Å²) in [5.41, 5.74) is 9.11. The highest BCUT2D eigenvalue weighted by atomic mass is 79.9. The molecule has 28 nitrogen and oxygen atoms in total. The number of aliphatic hydroxyl groups is 1. The van der Waals surface area contributed by atoms with Crippen LogP contribution in [0.25, 0.3) is 66.9 Å². The lowest BCUT2D eigenvalue weighted by atomic mass is 10.1. The molecule has 0 bridgehead atoms. The van der Waals surface area contributed by atoms with Crippen LogP contribution < -0.4 is 40.5 Å². The first-order chi connectivity index (χ1) is 52.9. The van der Waals surface area contributed by atoms with Crippen molar-refractivity contribution < 1.29 is 76.8 Å². The lowest BCUT2D eigenvalue weighted by Crippen LogP contribution is -2.44. The molecule has 580 valence electrons. The minimum Gasteiger partial charge on any atom is -0.497 e. The predicted molar refractivity (Wildman–Crippen MR) is 422 cm³/mol. The molecule has 7 N–H and O–H groups in total. The van der Waals surface area contributed by atoms with E-state index in [1.165, 1.54) is 37.2 Å². The standard InChI is InChI=1S/C26H29N3O6.2C15H12N2O2.C11H19NO5.C8H7BrO3.C7H8N2/c1-26(2,3)35-25(31)29-15-18(14-21(29)24(30)33-5)34-23-19-13-17(32-4)11-12-20(19)27-22(28-23)16-9-7-6-8-10-16;2*1-19-11-7-8-13-12(9-11)15(18)17-14(16-13)10-5-3-2-4-6-10;1-11(2,3)17-10(15)12-6-7(13)5-8(12)9(14)16-4;1-12-5-2-3-7(9)6(4-5)8(10)11;8-7(9)6-4-2-1-3-5-6/h6-13,18,21H,14-15H2,1-5H3;2*2-9H,1H3,(H,16,17,18);7-8,13H,5-6H2,1-4H3;2-4H,1H3,(H,10,11);1-5H,(H3,8,9)/t18-,21+;;;7-,8+;;/m1..1../s1. The zero-order valence-electron chi connectivity index (χ0n) is 63.2. The molecule has 13 rings (SSSR count). The Morgan fingerprint density at radius 1 is 0.505 bits per heavy atom. The Morgan fingerprint density at radius 3 is 1.30 bits per heavy atom. The second-order valence-corrected chi connectivity index (χ2v) is 27.4. The Kier molecular flexibility index (Phi) is 29.4. The number of ether oxygens (including phenoxy) is 9. The topological polar surface area (TPSA) is 383 Å². The number of likely N-dealkylation sites (tertiary alicyclic amines) is 2. The molecule has 0 aliphatic carbocycles. The summed E-state index contributed by atoms with van der Waals surface area (Å²) in [6.07, 6.45) is -2.01. The normalized spacial score (nSPS) is 14.8. The first kappa shape index (κ1) is 83.9. The van der Waals surface area contributed by atoms with Gasteiger partial charge in [0.2, 0.25) is 5.88 Å². The van der Waals surface area contributed by atoms with Crippen LogP contribution in [0.1, 0.15) is 70.3 Å². The van der Waals surface area contributed by atoms with Crippen molar-refractivity contribution in [1.29, 1.82) is 5.41 Å². The summed E-state index contributed by atoms with van der Waals surface area (Å²) in [6.45, 7) is 10.8. The van der Waals surface area contributed by atoms with Crippen molar-refractivity contribution in [3.05, 3.63) is 230 Å². The Morgan fingerprint density at radius 2 is 0.892 bits per heavy atom. The van der Waals surface area contributed by atoms with Crippen molar-refractivity contribution >= 4 is 84.6 Å². The van der Waals surface area contributed by atoms with E-state index in [1.807, 2.05) is 133 Å². The molecule has 2 aliphatic rings. The summed E-state index contributed by atoms with van der Waals surface area (Å²) in [7, 11) is 8.76. The SMILES string of the molecule is COC(=O)[C@@H]1C[C@@H](O)CN1C(=O)OC(C)(C)C.COC(=O)[C@@H]1C[C@@H](Oc2nc(-c3ccccc3)nc3ccc(OC)cc23)CN1C(=O)OC(C)(C)C.COc1ccc(Br)c(C(=O)O)c1.COc1ccc2nc(-c3ccccc3)[nH]c(=O)c2c1.COc1ccc2nc(-c3ccccc3)[nH]c(=O)c2c1.N=C(N)c1ccccc1. The Balaban J connectivity index is 0.000000177. The molecule has 0 unspecified atom stereocenters. The van der Waals surface area contributed by atoms with E-state index < -0.39 is 65.6 Å². The summed E-state index contributed by atoms with van der Waals surface area (Å²) in [5.74, 6) is 2.54. The van der Waals surface area contributed by atoms with Gasteiger partial charge < -0.3 is 68.5 Å². The number of hydrogen-bond acceptors (Lipinski definition) is 22. The number of nitrogens with two attached hydrogens (primary N) is 1. The van der Waals surface area contributed by atoms with Crippen LogP contribution in [-0.2, 0) is 28.5 Å². The molecule has 4 atom stereocenters. The Labute approximate surface area is 648 Å². The zero-order chi connectivity index (χ0) is 80.7. The van der Waals surface area contributed by atoms with E-state index in [2.05, 4.69) is 45.6 Å². The quantitative estimate of drug-likeness (QED) is 0.0270. The van der Waals surface area contributed by atoms with Gasteiger partial charge in [0.15, 0.2) is 5.82 Å². The van der Waals surface area contributed by atoms with E-state index in [-0.39, 0.29) is 48.4 Å². The number of carboxylic acid groups (broad SMARTS) is 1. The number of rotatable bonds is 13. The van der Waals surface area contributed by atoms with Crippen molar-refractivity contribution in [2.45, 2.75) is 89.9 Å². The van der Waals surface area contributed by atoms with Gasteiger partial charge >= 0.3 is 30.1 Å². The fourth-order valence-electron chi connectivity index (χ4n) is 11.0. The maximum Gasteiger partial charge on any atom is 0.411 e. The van der Waals surface area contributed by atoms with Crippen LogP contribution in [0.3, 0.4) is 0 Å². The van der Waals surface area contributed by atoms with Gasteiger partial charge in [-0.15, -0.1) is 0 Å². The van der Waals surface area contributed by atoms with Crippen molar-refractivity contribution in [2.24, 2.45) is 5.73 Å². The van der Waals surface area contributed by atoms with Gasteiger partial charge in [-0.25, -0.2) is 38.9 Å². The van der Waals surface area contributed by atoms with Gasteiger partial charge in [0.25, 0.3) is 11.1 Å². The molecule has 5 heterocycles. The van der Waals surface area contributed by atoms with Crippen LogP contribution in [0.4, 0.5) is 9.59 Å². The molecule has 2 saturated heterocycles. The van der Waals surface area contributed by atoms with E-state index in [1.54, 1.807) is 117 Å². The lowest BCUT2D eigenvalue weighted by Gasteiger charge is -2.27. The number of aromatic amines is 2. The maximum atomic E-state index is 12.8. The van der Waals surface area contributed by atoms with Crippen LogP contribution in [0.15, 0.2) is 208 Å². The number of carbonyl (C=O) groups is 5. The average Bonchev–Trinajstić information content (AvgIpc) is 1.42. The molecule has 29 heteroatoms. The first-order valence-electron chi connectivity index (χ1n) is 34.6. The molecular weight excluding hydrogens is 1490 g/mol. The van der Waals surface area contributed by atoms with Gasteiger partial charge in [0.05, 0.1) is 100 Å². The molecule has 0 spiro atoms. The number of benzene rings is 8. The number of aliphatic hydroxyl groups excluding tert-OH is 1. The number of β-amino-alcohol motifs (C(OH)–C–C–N with tert-alkyl or cyclic N) is 1. The fraction of sp³-hybridized carbons (Fsp3) is 0.268. The van der Waals surface area contributed by atoms with Crippen molar-refractivity contribution in [3.63, 3.8) is 0 Å². The average molecular weight is 1580 g/mol. The van der Waals surface area contributed by atoms with E-state index in [9.17, 15) is 38.7 Å². The van der Waals surface area contributed by atoms with Gasteiger partial charge in [-0.2, -0.15) is 4.98 Å². The number of amides is 2. The fourth-order valence-corrected chi connectivity index (χ4v) is 11.4. The van der Waals surface area contributed by atoms with E-state index in [4.69, 9.17) is 59.1 Å². The van der Waals surface area contributed by atoms with Gasteiger partial charge in [-0.1, -0.05) is 121 Å². The highest BCUT2D eigenvalue weighted by Gasteiger charge is 2.44. The molecule has 2 aliphatic heterocycles. The number of hydrogen-bond donors (Lipinski definition) is 6. The predicted octanol–water partition coefficient (Wildman–Crippen LogP) is 13.1. The van der Waals surface area contributed by atoms with Crippen molar-refractivity contribution in [1.82, 2.24) is 39.7 Å². The summed E-state index contributed by atoms with van der Waals surface area (Å²) in [6, 6.07) is 57.2. The second kappa shape index (κ2) is 38.9. The number of nitrogen functional groups attached to an aromatic ring is 1. The summed E-state index contributed by atoms with van der Waals surface area (Å²) >= 11 is 3.12. The van der Waals surface area contributed by atoms with Crippen molar-refractivity contribution in [2.75, 3.05) is 55.7 Å². The van der Waals surface area contributed by atoms with Crippen LogP contribution >= 0.6 is 15.9 Å². The molecular formula is C82H87BrN10O18. The highest BCUT2D eigenvalue weighted by Crippen LogP contribution is 2.34. The monoisotopic (exact) mass is 1580 g/mol. The van der Waals surface area contributed by atoms with Crippen LogP contribution in [0.2, 0.25) is 0 Å².